The highest BCUT2D eigenvalue weighted by Gasteiger charge is 2.50. The Balaban J connectivity index is 1.45. The number of hydrogen-bond donors (Lipinski definition) is 1. The Bertz CT molecular complexity index is 1330. The summed E-state index contributed by atoms with van der Waals surface area (Å²) in [6.07, 6.45) is 0. The summed E-state index contributed by atoms with van der Waals surface area (Å²) in [5.41, 5.74) is 0.213. The van der Waals surface area contributed by atoms with Gasteiger partial charge < -0.3 is 9.84 Å². The molecule has 3 amide bonds. The van der Waals surface area contributed by atoms with E-state index in [1.54, 1.807) is 31.2 Å². The van der Waals surface area contributed by atoms with Crippen LogP contribution in [0, 0.1) is 0 Å². The lowest BCUT2D eigenvalue weighted by molar-refractivity contribution is -0.131. The Morgan fingerprint density at radius 3 is 2.68 bits per heavy atom. The van der Waals surface area contributed by atoms with E-state index in [1.165, 1.54) is 0 Å². The third kappa shape index (κ3) is 3.23. The molecule has 0 radical (unpaired) electrons. The number of urea groups is 1. The van der Waals surface area contributed by atoms with E-state index in [1.807, 2.05) is 42.5 Å². The molecule has 2 heterocycles. The van der Waals surface area contributed by atoms with Gasteiger partial charge in [0.1, 0.15) is 12.1 Å². The maximum absolute atomic E-state index is 13.3. The Morgan fingerprint density at radius 2 is 1.84 bits per heavy atom. The number of fused-ring (bicyclic) bond motifs is 1. The maximum atomic E-state index is 13.3. The smallest absolute Gasteiger partial charge is 0.325 e. The van der Waals surface area contributed by atoms with E-state index < -0.39 is 11.6 Å². The number of imide groups is 1. The zero-order valence-corrected chi connectivity index (χ0v) is 17.3. The molecule has 5 rings (SSSR count). The molecule has 1 N–H and O–H groups in total. The summed E-state index contributed by atoms with van der Waals surface area (Å²) in [6, 6.07) is 20.0. The fourth-order valence-corrected chi connectivity index (χ4v) is 4.07. The molecule has 1 saturated heterocycles. The first-order valence-corrected chi connectivity index (χ1v) is 10.0. The lowest BCUT2D eigenvalue weighted by atomic mass is 9.88. The molecule has 31 heavy (non-hydrogen) atoms. The zero-order chi connectivity index (χ0) is 21.6. The van der Waals surface area contributed by atoms with Crippen LogP contribution in [0.25, 0.3) is 22.2 Å². The van der Waals surface area contributed by atoms with Crippen LogP contribution in [0.1, 0.15) is 18.4 Å². The molecule has 154 valence electrons. The molecule has 4 aromatic rings. The van der Waals surface area contributed by atoms with Gasteiger partial charge in [-0.2, -0.15) is 4.98 Å². The molecule has 1 aliphatic rings. The van der Waals surface area contributed by atoms with Crippen LogP contribution in [-0.2, 0) is 16.9 Å². The highest BCUT2D eigenvalue weighted by atomic mass is 35.5. The SMILES string of the molecule is CC1(c2cccc3ccccc23)NC(=O)N(Cc2nc(-c3cccc(Cl)c3)no2)C1=O. The Kier molecular flexibility index (Phi) is 4.48. The molecule has 0 saturated carbocycles. The molecule has 0 spiro atoms. The van der Waals surface area contributed by atoms with Crippen molar-refractivity contribution in [2.75, 3.05) is 0 Å². The van der Waals surface area contributed by atoms with Gasteiger partial charge in [-0.05, 0) is 35.4 Å². The molecule has 0 bridgehead atoms. The van der Waals surface area contributed by atoms with Gasteiger partial charge in [-0.15, -0.1) is 0 Å². The fraction of sp³-hybridized carbons (Fsp3) is 0.130. The fourth-order valence-electron chi connectivity index (χ4n) is 3.88. The number of amides is 3. The molecule has 1 unspecified atom stereocenters. The summed E-state index contributed by atoms with van der Waals surface area (Å²) in [4.78, 5) is 31.5. The van der Waals surface area contributed by atoms with Crippen LogP contribution in [-0.4, -0.2) is 27.0 Å². The van der Waals surface area contributed by atoms with Crippen LogP contribution in [0.5, 0.6) is 0 Å². The van der Waals surface area contributed by atoms with Gasteiger partial charge in [0.2, 0.25) is 11.7 Å². The molecule has 7 nitrogen and oxygen atoms in total. The van der Waals surface area contributed by atoms with Gasteiger partial charge in [0, 0.05) is 10.6 Å². The average Bonchev–Trinajstić information content (AvgIpc) is 3.33. The predicted molar refractivity (Wildman–Crippen MR) is 115 cm³/mol. The van der Waals surface area contributed by atoms with Crippen LogP contribution in [0.15, 0.2) is 71.3 Å². The first-order chi connectivity index (χ1) is 15.0. The van der Waals surface area contributed by atoms with E-state index in [-0.39, 0.29) is 18.3 Å². The van der Waals surface area contributed by atoms with Crippen molar-refractivity contribution in [3.8, 4) is 11.4 Å². The topological polar surface area (TPSA) is 88.3 Å². The van der Waals surface area contributed by atoms with E-state index in [2.05, 4.69) is 15.5 Å². The van der Waals surface area contributed by atoms with Crippen molar-refractivity contribution < 1.29 is 14.1 Å². The number of hydrogen-bond acceptors (Lipinski definition) is 5. The molecule has 0 aliphatic carbocycles. The van der Waals surface area contributed by atoms with Crippen LogP contribution < -0.4 is 5.32 Å². The van der Waals surface area contributed by atoms with Crippen molar-refractivity contribution in [2.24, 2.45) is 0 Å². The van der Waals surface area contributed by atoms with E-state index in [4.69, 9.17) is 16.1 Å². The number of halogens is 1. The monoisotopic (exact) mass is 432 g/mol. The lowest BCUT2D eigenvalue weighted by Gasteiger charge is -2.23. The zero-order valence-electron chi connectivity index (χ0n) is 16.5. The Labute approximate surface area is 182 Å². The number of benzene rings is 3. The van der Waals surface area contributed by atoms with E-state index in [9.17, 15) is 9.59 Å². The van der Waals surface area contributed by atoms with Crippen molar-refractivity contribution in [3.63, 3.8) is 0 Å². The number of nitrogens with zero attached hydrogens (tertiary/aromatic N) is 3. The number of nitrogens with one attached hydrogen (secondary N) is 1. The predicted octanol–water partition coefficient (Wildman–Crippen LogP) is 4.51. The minimum absolute atomic E-state index is 0.126. The minimum Gasteiger partial charge on any atom is -0.337 e. The normalized spacial score (nSPS) is 18.6. The van der Waals surface area contributed by atoms with Crippen LogP contribution >= 0.6 is 11.6 Å². The summed E-state index contributed by atoms with van der Waals surface area (Å²) in [7, 11) is 0. The average molecular weight is 433 g/mol. The van der Waals surface area contributed by atoms with Gasteiger partial charge in [-0.1, -0.05) is 71.4 Å². The highest BCUT2D eigenvalue weighted by Crippen LogP contribution is 2.34. The summed E-state index contributed by atoms with van der Waals surface area (Å²) in [5.74, 6) is 0.110. The largest absolute Gasteiger partial charge is 0.337 e. The second-order valence-electron chi connectivity index (χ2n) is 7.50. The van der Waals surface area contributed by atoms with Gasteiger partial charge in [0.05, 0.1) is 0 Å². The first-order valence-electron chi connectivity index (χ1n) is 9.66. The number of carbonyl (C=O) groups is 2. The van der Waals surface area contributed by atoms with E-state index in [0.29, 0.717) is 16.4 Å². The van der Waals surface area contributed by atoms with Crippen LogP contribution in [0.3, 0.4) is 0 Å². The van der Waals surface area contributed by atoms with Crippen molar-refractivity contribution in [3.05, 3.63) is 83.2 Å². The third-order valence-electron chi connectivity index (χ3n) is 5.45. The van der Waals surface area contributed by atoms with E-state index in [0.717, 1.165) is 21.2 Å². The molecule has 1 aromatic heterocycles. The van der Waals surface area contributed by atoms with Crippen molar-refractivity contribution in [1.29, 1.82) is 0 Å². The van der Waals surface area contributed by atoms with E-state index >= 15 is 0 Å². The van der Waals surface area contributed by atoms with Gasteiger partial charge in [0.15, 0.2) is 0 Å². The lowest BCUT2D eigenvalue weighted by Crippen LogP contribution is -2.41. The van der Waals surface area contributed by atoms with Crippen LogP contribution in [0.4, 0.5) is 4.79 Å². The summed E-state index contributed by atoms with van der Waals surface area (Å²) in [5, 5.41) is 9.22. The molecule has 1 fully saturated rings. The highest BCUT2D eigenvalue weighted by molar-refractivity contribution is 6.30. The van der Waals surface area contributed by atoms with Gasteiger partial charge in [-0.25, -0.2) is 4.79 Å². The Hall–Kier alpha value is -3.71. The molecule has 1 atom stereocenters. The molecule has 1 aliphatic heterocycles. The maximum Gasteiger partial charge on any atom is 0.325 e. The van der Waals surface area contributed by atoms with Gasteiger partial charge in [-0.3, -0.25) is 9.69 Å². The third-order valence-corrected chi connectivity index (χ3v) is 5.68. The first kappa shape index (κ1) is 19.3. The second-order valence-corrected chi connectivity index (χ2v) is 7.93. The van der Waals surface area contributed by atoms with Crippen molar-refractivity contribution >= 4 is 34.3 Å². The van der Waals surface area contributed by atoms with Crippen molar-refractivity contribution in [2.45, 2.75) is 19.0 Å². The molecule has 8 heteroatoms. The number of carbonyl (C=O) groups excluding carboxylic acids is 2. The molecular weight excluding hydrogens is 416 g/mol. The van der Waals surface area contributed by atoms with Crippen LogP contribution in [0.2, 0.25) is 5.02 Å². The van der Waals surface area contributed by atoms with Crippen molar-refractivity contribution in [1.82, 2.24) is 20.4 Å². The minimum atomic E-state index is -1.20. The standard InChI is InChI=1S/C23H17ClN4O3/c1-23(18-11-5-7-14-6-2-3-10-17(14)18)21(29)28(22(30)26-23)13-19-25-20(27-31-19)15-8-4-9-16(24)12-15/h2-12H,13H2,1H3,(H,26,30). The summed E-state index contributed by atoms with van der Waals surface area (Å²) >= 11 is 6.02. The molecular formula is C23H17ClN4O3. The Morgan fingerprint density at radius 1 is 1.06 bits per heavy atom. The summed E-state index contributed by atoms with van der Waals surface area (Å²) < 4.78 is 5.28. The number of rotatable bonds is 4. The molecule has 3 aromatic carbocycles. The number of aromatic nitrogens is 2. The van der Waals surface area contributed by atoms with Gasteiger partial charge in [0.25, 0.3) is 5.91 Å². The quantitative estimate of drug-likeness (QED) is 0.479. The van der Waals surface area contributed by atoms with Gasteiger partial charge >= 0.3 is 6.03 Å². The summed E-state index contributed by atoms with van der Waals surface area (Å²) in [6.45, 7) is 1.58. The second kappa shape index (κ2) is 7.21.